The van der Waals surface area contributed by atoms with Crippen LogP contribution in [0.15, 0.2) is 48.5 Å². The van der Waals surface area contributed by atoms with Crippen LogP contribution in [0, 0.1) is 0 Å². The van der Waals surface area contributed by atoms with Crippen molar-refractivity contribution in [1.82, 2.24) is 0 Å². The standard InChI is InChI=1S/C14H9ClO3/c15-12-7-5-10(6-8-12)13(16)9-1-3-11(4-2-9)14(17)18/h1-8H,(H,17,18). The Hall–Kier alpha value is -2.13. The van der Waals surface area contributed by atoms with E-state index in [0.717, 1.165) is 0 Å². The molecule has 0 aliphatic rings. The lowest BCUT2D eigenvalue weighted by Gasteiger charge is -2.02. The van der Waals surface area contributed by atoms with Gasteiger partial charge in [-0.25, -0.2) is 4.79 Å². The minimum atomic E-state index is -1.01. The lowest BCUT2D eigenvalue weighted by atomic mass is 10.0. The van der Waals surface area contributed by atoms with E-state index < -0.39 is 5.97 Å². The lowest BCUT2D eigenvalue weighted by Crippen LogP contribution is -2.02. The highest BCUT2D eigenvalue weighted by molar-refractivity contribution is 6.30. The van der Waals surface area contributed by atoms with Crippen LogP contribution >= 0.6 is 11.6 Å². The zero-order valence-corrected chi connectivity index (χ0v) is 10.0. The van der Waals surface area contributed by atoms with Crippen molar-refractivity contribution < 1.29 is 14.7 Å². The number of benzene rings is 2. The first-order valence-electron chi connectivity index (χ1n) is 5.21. The normalized spacial score (nSPS) is 10.1. The van der Waals surface area contributed by atoms with E-state index in [-0.39, 0.29) is 11.3 Å². The van der Waals surface area contributed by atoms with Gasteiger partial charge >= 0.3 is 5.97 Å². The molecule has 0 heterocycles. The fourth-order valence-electron chi connectivity index (χ4n) is 1.53. The van der Waals surface area contributed by atoms with Crippen LogP contribution < -0.4 is 0 Å². The largest absolute Gasteiger partial charge is 0.478 e. The predicted octanol–water partition coefficient (Wildman–Crippen LogP) is 3.27. The Kier molecular flexibility index (Phi) is 3.44. The van der Waals surface area contributed by atoms with E-state index in [4.69, 9.17) is 16.7 Å². The molecule has 2 rings (SSSR count). The second-order valence-corrected chi connectivity index (χ2v) is 4.15. The summed E-state index contributed by atoms with van der Waals surface area (Å²) in [5.74, 6) is -1.18. The van der Waals surface area contributed by atoms with Gasteiger partial charge in [-0.1, -0.05) is 23.7 Å². The molecular formula is C14H9ClO3. The van der Waals surface area contributed by atoms with Gasteiger partial charge in [0.15, 0.2) is 5.78 Å². The van der Waals surface area contributed by atoms with Gasteiger partial charge in [0.2, 0.25) is 0 Å². The number of carboxylic acid groups (broad SMARTS) is 1. The van der Waals surface area contributed by atoms with Crippen molar-refractivity contribution in [1.29, 1.82) is 0 Å². The Balaban J connectivity index is 2.28. The molecule has 3 nitrogen and oxygen atoms in total. The van der Waals surface area contributed by atoms with E-state index in [1.165, 1.54) is 24.3 Å². The first-order chi connectivity index (χ1) is 8.58. The van der Waals surface area contributed by atoms with Crippen molar-refractivity contribution in [3.8, 4) is 0 Å². The van der Waals surface area contributed by atoms with Crippen molar-refractivity contribution in [2.75, 3.05) is 0 Å². The number of carbonyl (C=O) groups excluding carboxylic acids is 1. The number of ketones is 1. The van der Waals surface area contributed by atoms with Crippen LogP contribution in [-0.2, 0) is 0 Å². The van der Waals surface area contributed by atoms with Crippen LogP contribution in [0.5, 0.6) is 0 Å². The number of aromatic carboxylic acids is 1. The second-order valence-electron chi connectivity index (χ2n) is 3.72. The van der Waals surface area contributed by atoms with Crippen LogP contribution in [0.3, 0.4) is 0 Å². The minimum absolute atomic E-state index is 0.155. The SMILES string of the molecule is O=C(O)c1ccc(C(=O)c2ccc(Cl)cc2)cc1. The van der Waals surface area contributed by atoms with Gasteiger partial charge < -0.3 is 5.11 Å². The number of carbonyl (C=O) groups is 2. The predicted molar refractivity (Wildman–Crippen MR) is 68.3 cm³/mol. The van der Waals surface area contributed by atoms with Crippen molar-refractivity contribution in [3.05, 3.63) is 70.2 Å². The van der Waals surface area contributed by atoms with Gasteiger partial charge in [-0.2, -0.15) is 0 Å². The van der Waals surface area contributed by atoms with E-state index in [1.54, 1.807) is 24.3 Å². The summed E-state index contributed by atoms with van der Waals surface area (Å²) in [6, 6.07) is 12.4. The Labute approximate surface area is 109 Å². The molecule has 0 radical (unpaired) electrons. The summed E-state index contributed by atoms with van der Waals surface area (Å²) in [5.41, 5.74) is 1.12. The fraction of sp³-hybridized carbons (Fsp3) is 0. The van der Waals surface area contributed by atoms with Crippen molar-refractivity contribution in [2.24, 2.45) is 0 Å². The summed E-state index contributed by atoms with van der Waals surface area (Å²) in [4.78, 5) is 22.7. The molecule has 0 amide bonds. The molecule has 0 saturated heterocycles. The van der Waals surface area contributed by atoms with Crippen LogP contribution in [0.2, 0.25) is 5.02 Å². The third kappa shape index (κ3) is 2.57. The van der Waals surface area contributed by atoms with Crippen molar-refractivity contribution >= 4 is 23.4 Å². The number of hydrogen-bond donors (Lipinski definition) is 1. The molecule has 0 fully saturated rings. The molecule has 1 N–H and O–H groups in total. The molecular weight excluding hydrogens is 252 g/mol. The Morgan fingerprint density at radius 1 is 0.778 bits per heavy atom. The van der Waals surface area contributed by atoms with Crippen LogP contribution in [0.4, 0.5) is 0 Å². The maximum atomic E-state index is 12.0. The maximum Gasteiger partial charge on any atom is 0.335 e. The molecule has 0 spiro atoms. The molecule has 90 valence electrons. The van der Waals surface area contributed by atoms with Gasteiger partial charge in [-0.3, -0.25) is 4.79 Å². The topological polar surface area (TPSA) is 54.4 Å². The first-order valence-corrected chi connectivity index (χ1v) is 5.59. The zero-order chi connectivity index (χ0) is 13.1. The Morgan fingerprint density at radius 3 is 1.61 bits per heavy atom. The summed E-state index contributed by atoms with van der Waals surface area (Å²) < 4.78 is 0. The molecule has 0 bridgehead atoms. The third-order valence-electron chi connectivity index (χ3n) is 2.50. The smallest absolute Gasteiger partial charge is 0.335 e. The van der Waals surface area contributed by atoms with Gasteiger partial charge in [-0.15, -0.1) is 0 Å². The molecule has 2 aromatic rings. The summed E-state index contributed by atoms with van der Waals surface area (Å²) in [5, 5.41) is 9.33. The van der Waals surface area contributed by atoms with Crippen LogP contribution in [0.25, 0.3) is 0 Å². The minimum Gasteiger partial charge on any atom is -0.478 e. The number of halogens is 1. The van der Waals surface area contributed by atoms with Crippen LogP contribution in [-0.4, -0.2) is 16.9 Å². The van der Waals surface area contributed by atoms with E-state index in [0.29, 0.717) is 16.1 Å². The molecule has 0 atom stereocenters. The molecule has 2 aromatic carbocycles. The molecule has 0 aliphatic carbocycles. The molecule has 4 heteroatoms. The van der Waals surface area contributed by atoms with E-state index in [1.807, 2.05) is 0 Å². The summed E-state index contributed by atoms with van der Waals surface area (Å²) >= 11 is 5.74. The summed E-state index contributed by atoms with van der Waals surface area (Å²) in [7, 11) is 0. The van der Waals surface area contributed by atoms with Gasteiger partial charge in [0.05, 0.1) is 5.56 Å². The van der Waals surface area contributed by atoms with Gasteiger partial charge in [0, 0.05) is 16.1 Å². The highest BCUT2D eigenvalue weighted by atomic mass is 35.5. The van der Waals surface area contributed by atoms with Gasteiger partial charge in [0.1, 0.15) is 0 Å². The Morgan fingerprint density at radius 2 is 1.17 bits per heavy atom. The van der Waals surface area contributed by atoms with Crippen molar-refractivity contribution in [2.45, 2.75) is 0 Å². The Bertz CT molecular complexity index is 585. The zero-order valence-electron chi connectivity index (χ0n) is 9.26. The molecule has 0 unspecified atom stereocenters. The molecule has 0 saturated carbocycles. The number of hydrogen-bond acceptors (Lipinski definition) is 2. The summed E-state index contributed by atoms with van der Waals surface area (Å²) in [6.07, 6.45) is 0. The number of rotatable bonds is 3. The quantitative estimate of drug-likeness (QED) is 0.862. The number of carboxylic acids is 1. The molecule has 0 aliphatic heterocycles. The fourth-order valence-corrected chi connectivity index (χ4v) is 1.66. The lowest BCUT2D eigenvalue weighted by molar-refractivity contribution is 0.0696. The summed E-state index contributed by atoms with van der Waals surface area (Å²) in [6.45, 7) is 0. The second kappa shape index (κ2) is 5.02. The highest BCUT2D eigenvalue weighted by Crippen LogP contribution is 2.14. The van der Waals surface area contributed by atoms with Crippen molar-refractivity contribution in [3.63, 3.8) is 0 Å². The average molecular weight is 261 g/mol. The van der Waals surface area contributed by atoms with E-state index in [9.17, 15) is 9.59 Å². The van der Waals surface area contributed by atoms with Gasteiger partial charge in [-0.05, 0) is 36.4 Å². The monoisotopic (exact) mass is 260 g/mol. The highest BCUT2D eigenvalue weighted by Gasteiger charge is 2.10. The molecule has 18 heavy (non-hydrogen) atoms. The third-order valence-corrected chi connectivity index (χ3v) is 2.75. The first kappa shape index (κ1) is 12.3. The van der Waals surface area contributed by atoms with Gasteiger partial charge in [0.25, 0.3) is 0 Å². The maximum absolute atomic E-state index is 12.0. The average Bonchev–Trinajstić information content (AvgIpc) is 2.39. The molecule has 0 aromatic heterocycles. The van der Waals surface area contributed by atoms with E-state index >= 15 is 0 Å². The van der Waals surface area contributed by atoms with E-state index in [2.05, 4.69) is 0 Å². The van der Waals surface area contributed by atoms with Crippen LogP contribution in [0.1, 0.15) is 26.3 Å².